The van der Waals surface area contributed by atoms with Crippen molar-refractivity contribution in [2.75, 3.05) is 7.11 Å². The Balaban J connectivity index is 1.60. The molecule has 0 radical (unpaired) electrons. The van der Waals surface area contributed by atoms with Crippen molar-refractivity contribution in [3.05, 3.63) is 136 Å². The van der Waals surface area contributed by atoms with Gasteiger partial charge < -0.3 is 9.64 Å². The second-order valence-electron chi connectivity index (χ2n) is 10.3. The highest BCUT2D eigenvalue weighted by Crippen LogP contribution is 2.32. The van der Waals surface area contributed by atoms with E-state index in [1.54, 1.807) is 75.0 Å². The van der Waals surface area contributed by atoms with Crippen molar-refractivity contribution >= 4 is 16.8 Å². The number of fused-ring (bicyclic) bond motifs is 1. The zero-order valence-electron chi connectivity index (χ0n) is 23.9. The van der Waals surface area contributed by atoms with Crippen molar-refractivity contribution in [1.29, 1.82) is 0 Å². The number of hydrogen-bond donors (Lipinski definition) is 0. The van der Waals surface area contributed by atoms with E-state index in [-0.39, 0.29) is 29.9 Å². The number of aromatic nitrogens is 3. The van der Waals surface area contributed by atoms with Gasteiger partial charge in [-0.25, -0.2) is 9.37 Å². The Morgan fingerprint density at radius 2 is 1.70 bits per heavy atom. The van der Waals surface area contributed by atoms with Gasteiger partial charge in [-0.1, -0.05) is 36.4 Å². The SMILES string of the molecule is COCc1ccc(-n2c(C(C)N(Cc3cccnc3)C(=O)Cc3ccc(C(F)(F)F)c(F)c3)nc3ccccc3c2=O)cc1. The average Bonchev–Trinajstić information content (AvgIpc) is 3.00. The molecule has 3 aromatic carbocycles. The highest BCUT2D eigenvalue weighted by atomic mass is 19.4. The van der Waals surface area contributed by atoms with Gasteiger partial charge >= 0.3 is 6.18 Å². The second-order valence-corrected chi connectivity index (χ2v) is 10.3. The van der Waals surface area contributed by atoms with Gasteiger partial charge in [-0.3, -0.25) is 19.1 Å². The number of nitrogens with zero attached hydrogens (tertiary/aromatic N) is 4. The number of amides is 1. The Morgan fingerprint density at radius 1 is 0.977 bits per heavy atom. The van der Waals surface area contributed by atoms with Gasteiger partial charge in [0.25, 0.3) is 5.56 Å². The molecule has 44 heavy (non-hydrogen) atoms. The summed E-state index contributed by atoms with van der Waals surface area (Å²) in [6.07, 6.45) is -2.08. The van der Waals surface area contributed by atoms with Gasteiger partial charge in [-0.05, 0) is 66.1 Å². The Bertz CT molecular complexity index is 1840. The van der Waals surface area contributed by atoms with E-state index in [1.807, 2.05) is 12.1 Å². The second kappa shape index (κ2) is 12.8. The summed E-state index contributed by atoms with van der Waals surface area (Å²) < 4.78 is 60.4. The fourth-order valence-corrected chi connectivity index (χ4v) is 5.03. The molecule has 5 rings (SSSR count). The average molecular weight is 605 g/mol. The van der Waals surface area contributed by atoms with Crippen LogP contribution in [0.5, 0.6) is 0 Å². The predicted molar refractivity (Wildman–Crippen MR) is 156 cm³/mol. The van der Waals surface area contributed by atoms with E-state index in [1.165, 1.54) is 9.47 Å². The van der Waals surface area contributed by atoms with Crippen molar-refractivity contribution < 1.29 is 27.1 Å². The van der Waals surface area contributed by atoms with E-state index in [0.29, 0.717) is 34.8 Å². The van der Waals surface area contributed by atoms with Gasteiger partial charge in [0.15, 0.2) is 0 Å². The Kier molecular flexibility index (Phi) is 8.86. The standard InChI is InChI=1S/C33H28F4N4O3/c1-21(31-39-29-8-4-3-7-26(29)32(43)41(31)25-12-9-22(10-13-25)20-44-2)40(19-24-6-5-15-38-18-24)30(42)17-23-11-14-27(28(34)16-23)33(35,36)37/h3-16,18,21H,17,19-20H2,1-2H3. The number of halogens is 4. The minimum Gasteiger partial charge on any atom is -0.380 e. The van der Waals surface area contributed by atoms with Crippen molar-refractivity contribution in [1.82, 2.24) is 19.4 Å². The number of benzene rings is 3. The number of alkyl halides is 3. The normalized spacial score (nSPS) is 12.3. The van der Waals surface area contributed by atoms with Crippen LogP contribution in [0.25, 0.3) is 16.6 Å². The van der Waals surface area contributed by atoms with Crippen LogP contribution in [0, 0.1) is 5.82 Å². The summed E-state index contributed by atoms with van der Waals surface area (Å²) in [7, 11) is 1.58. The molecule has 2 heterocycles. The van der Waals surface area contributed by atoms with E-state index >= 15 is 0 Å². The molecule has 7 nitrogen and oxygen atoms in total. The van der Waals surface area contributed by atoms with Gasteiger partial charge in [0.1, 0.15) is 11.6 Å². The van der Waals surface area contributed by atoms with Gasteiger partial charge in [-0.15, -0.1) is 0 Å². The third-order valence-corrected chi connectivity index (χ3v) is 7.24. The Hall–Kier alpha value is -4.90. The van der Waals surface area contributed by atoms with Gasteiger partial charge in [0.2, 0.25) is 5.91 Å². The molecule has 11 heteroatoms. The first-order valence-corrected chi connectivity index (χ1v) is 13.7. The van der Waals surface area contributed by atoms with E-state index in [2.05, 4.69) is 4.98 Å². The summed E-state index contributed by atoms with van der Waals surface area (Å²) in [4.78, 5) is 38.2. The molecule has 0 fully saturated rings. The predicted octanol–water partition coefficient (Wildman–Crippen LogP) is 6.42. The molecule has 1 atom stereocenters. The topological polar surface area (TPSA) is 77.3 Å². The molecule has 2 aromatic heterocycles. The number of ether oxygens (including phenoxy) is 1. The molecule has 5 aromatic rings. The molecule has 0 spiro atoms. The van der Waals surface area contributed by atoms with Crippen LogP contribution < -0.4 is 5.56 Å². The lowest BCUT2D eigenvalue weighted by atomic mass is 10.1. The van der Waals surface area contributed by atoms with Gasteiger partial charge in [0.05, 0.1) is 41.2 Å². The molecule has 0 saturated heterocycles. The Morgan fingerprint density at radius 3 is 2.36 bits per heavy atom. The molecule has 0 aliphatic carbocycles. The molecule has 1 unspecified atom stereocenters. The minimum absolute atomic E-state index is 0.0480. The summed E-state index contributed by atoms with van der Waals surface area (Å²) in [5, 5.41) is 0.384. The first-order chi connectivity index (χ1) is 21.1. The van der Waals surface area contributed by atoms with Crippen molar-refractivity contribution in [2.45, 2.75) is 38.7 Å². The quantitative estimate of drug-likeness (QED) is 0.182. The third-order valence-electron chi connectivity index (χ3n) is 7.24. The minimum atomic E-state index is -4.86. The third kappa shape index (κ3) is 6.52. The van der Waals surface area contributed by atoms with Crippen LogP contribution in [0.3, 0.4) is 0 Å². The number of carbonyl (C=O) groups excluding carboxylic acids is 1. The van der Waals surface area contributed by atoms with Crippen LogP contribution >= 0.6 is 0 Å². The van der Waals surface area contributed by atoms with Crippen LogP contribution in [-0.2, 0) is 35.3 Å². The lowest BCUT2D eigenvalue weighted by Crippen LogP contribution is -2.38. The number of rotatable bonds is 9. The molecule has 0 N–H and O–H groups in total. The maximum Gasteiger partial charge on any atom is 0.419 e. The van der Waals surface area contributed by atoms with E-state index in [0.717, 1.165) is 17.7 Å². The lowest BCUT2D eigenvalue weighted by molar-refractivity contribution is -0.140. The monoisotopic (exact) mass is 604 g/mol. The van der Waals surface area contributed by atoms with Gasteiger partial charge in [-0.2, -0.15) is 13.2 Å². The van der Waals surface area contributed by atoms with Gasteiger partial charge in [0, 0.05) is 26.0 Å². The van der Waals surface area contributed by atoms with E-state index in [9.17, 15) is 27.2 Å². The van der Waals surface area contributed by atoms with E-state index in [4.69, 9.17) is 9.72 Å². The van der Waals surface area contributed by atoms with Crippen LogP contribution in [0.4, 0.5) is 17.6 Å². The zero-order chi connectivity index (χ0) is 31.4. The number of pyridine rings is 1. The maximum atomic E-state index is 14.4. The van der Waals surface area contributed by atoms with Crippen LogP contribution in [0.1, 0.15) is 41.0 Å². The lowest BCUT2D eigenvalue weighted by Gasteiger charge is -2.31. The summed E-state index contributed by atoms with van der Waals surface area (Å²) in [6.45, 7) is 2.15. The number of methoxy groups -OCH3 is 1. The van der Waals surface area contributed by atoms with Crippen molar-refractivity contribution in [3.8, 4) is 5.69 Å². The zero-order valence-corrected chi connectivity index (χ0v) is 23.9. The summed E-state index contributed by atoms with van der Waals surface area (Å²) in [6, 6.07) is 19.2. The number of carbonyl (C=O) groups is 1. The summed E-state index contributed by atoms with van der Waals surface area (Å²) in [5.41, 5.74) is 0.848. The highest BCUT2D eigenvalue weighted by Gasteiger charge is 2.34. The fourth-order valence-electron chi connectivity index (χ4n) is 5.03. The molecule has 226 valence electrons. The van der Waals surface area contributed by atoms with Crippen LogP contribution in [-0.4, -0.2) is 32.5 Å². The van der Waals surface area contributed by atoms with Crippen LogP contribution in [0.15, 0.2) is 96.1 Å². The van der Waals surface area contributed by atoms with E-state index < -0.39 is 29.5 Å². The molecule has 0 aliphatic heterocycles. The van der Waals surface area contributed by atoms with Crippen molar-refractivity contribution in [3.63, 3.8) is 0 Å². The molecule has 0 saturated carbocycles. The fraction of sp³-hybridized carbons (Fsp3) is 0.212. The molecule has 1 amide bonds. The molecule has 0 bridgehead atoms. The first kappa shape index (κ1) is 30.6. The molecular formula is C33H28F4N4O3. The van der Waals surface area contributed by atoms with Crippen molar-refractivity contribution in [2.24, 2.45) is 0 Å². The maximum absolute atomic E-state index is 14.4. The summed E-state index contributed by atoms with van der Waals surface area (Å²) in [5.74, 6) is -1.70. The Labute approximate surface area is 250 Å². The first-order valence-electron chi connectivity index (χ1n) is 13.7. The van der Waals surface area contributed by atoms with Crippen LogP contribution in [0.2, 0.25) is 0 Å². The number of hydrogen-bond acceptors (Lipinski definition) is 5. The largest absolute Gasteiger partial charge is 0.419 e. The summed E-state index contributed by atoms with van der Waals surface area (Å²) >= 11 is 0. The number of para-hydroxylation sites is 1. The smallest absolute Gasteiger partial charge is 0.380 e. The highest BCUT2D eigenvalue weighted by molar-refractivity contribution is 5.80. The molecular weight excluding hydrogens is 576 g/mol. The molecule has 0 aliphatic rings.